The molecule has 1 rings (SSSR count). The predicted octanol–water partition coefficient (Wildman–Crippen LogP) is 4.23. The van der Waals surface area contributed by atoms with Crippen LogP contribution in [-0.2, 0) is 4.74 Å². The minimum atomic E-state index is 0.00671. The smallest absolute Gasteiger partial charge is 0.0975 e. The molecule has 0 saturated carbocycles. The van der Waals surface area contributed by atoms with E-state index >= 15 is 0 Å². The van der Waals surface area contributed by atoms with Gasteiger partial charge < -0.3 is 10.5 Å². The van der Waals surface area contributed by atoms with Crippen molar-refractivity contribution in [1.82, 2.24) is 0 Å². The highest BCUT2D eigenvalue weighted by Crippen LogP contribution is 2.25. The standard InChI is InChI=1S/C17H29NO/c1-6-15(18)16(19-11-10-17(3,4)5)14-9-7-8-13(2)12-14/h7-9,12,15-16H,6,10-11,18H2,1-5H3. The monoisotopic (exact) mass is 263 g/mol. The quantitative estimate of drug-likeness (QED) is 0.833. The van der Waals surface area contributed by atoms with E-state index in [-0.39, 0.29) is 12.1 Å². The van der Waals surface area contributed by atoms with E-state index < -0.39 is 0 Å². The molecule has 1 aromatic carbocycles. The topological polar surface area (TPSA) is 35.2 Å². The van der Waals surface area contributed by atoms with E-state index in [0.717, 1.165) is 19.4 Å². The second-order valence-corrected chi connectivity index (χ2v) is 6.59. The summed E-state index contributed by atoms with van der Waals surface area (Å²) in [6.45, 7) is 11.7. The lowest BCUT2D eigenvalue weighted by atomic mass is 9.93. The summed E-state index contributed by atoms with van der Waals surface area (Å²) in [6.07, 6.45) is 1.98. The third-order valence-electron chi connectivity index (χ3n) is 3.38. The lowest BCUT2D eigenvalue weighted by molar-refractivity contribution is 0.0199. The van der Waals surface area contributed by atoms with Gasteiger partial charge in [0.15, 0.2) is 0 Å². The van der Waals surface area contributed by atoms with Crippen molar-refractivity contribution in [3.05, 3.63) is 35.4 Å². The van der Waals surface area contributed by atoms with Crippen LogP contribution in [0.25, 0.3) is 0 Å². The zero-order chi connectivity index (χ0) is 14.5. The van der Waals surface area contributed by atoms with E-state index in [1.165, 1.54) is 11.1 Å². The van der Waals surface area contributed by atoms with Gasteiger partial charge in [-0.05, 0) is 30.7 Å². The maximum Gasteiger partial charge on any atom is 0.0975 e. The summed E-state index contributed by atoms with van der Waals surface area (Å²) in [5.41, 5.74) is 8.98. The summed E-state index contributed by atoms with van der Waals surface area (Å²) < 4.78 is 6.09. The lowest BCUT2D eigenvalue weighted by Crippen LogP contribution is -2.30. The van der Waals surface area contributed by atoms with Crippen molar-refractivity contribution in [2.75, 3.05) is 6.61 Å². The van der Waals surface area contributed by atoms with Gasteiger partial charge in [-0.1, -0.05) is 57.5 Å². The number of nitrogens with two attached hydrogens (primary N) is 1. The van der Waals surface area contributed by atoms with Crippen LogP contribution < -0.4 is 5.73 Å². The SMILES string of the molecule is CCC(N)C(OCCC(C)(C)C)c1cccc(C)c1. The van der Waals surface area contributed by atoms with Crippen LogP contribution in [0.1, 0.15) is 57.8 Å². The van der Waals surface area contributed by atoms with E-state index in [4.69, 9.17) is 10.5 Å². The maximum absolute atomic E-state index is 6.22. The summed E-state index contributed by atoms with van der Waals surface area (Å²) in [5, 5.41) is 0. The Kier molecular flexibility index (Phi) is 6.02. The maximum atomic E-state index is 6.22. The summed E-state index contributed by atoms with van der Waals surface area (Å²) in [7, 11) is 0. The Morgan fingerprint density at radius 3 is 2.47 bits per heavy atom. The molecule has 1 aromatic rings. The second kappa shape index (κ2) is 7.06. The van der Waals surface area contributed by atoms with E-state index in [0.29, 0.717) is 5.41 Å². The van der Waals surface area contributed by atoms with Crippen molar-refractivity contribution >= 4 is 0 Å². The van der Waals surface area contributed by atoms with Gasteiger partial charge in [-0.2, -0.15) is 0 Å². The molecule has 0 fully saturated rings. The van der Waals surface area contributed by atoms with E-state index in [9.17, 15) is 0 Å². The van der Waals surface area contributed by atoms with Crippen molar-refractivity contribution in [3.8, 4) is 0 Å². The van der Waals surface area contributed by atoms with Crippen LogP contribution in [0.15, 0.2) is 24.3 Å². The van der Waals surface area contributed by atoms with Crippen LogP contribution in [0.2, 0.25) is 0 Å². The normalized spacial score (nSPS) is 15.3. The summed E-state index contributed by atoms with van der Waals surface area (Å²) in [6, 6.07) is 8.53. The van der Waals surface area contributed by atoms with Crippen molar-refractivity contribution in [2.45, 2.75) is 59.6 Å². The van der Waals surface area contributed by atoms with Gasteiger partial charge in [0.05, 0.1) is 6.10 Å². The third kappa shape index (κ3) is 5.75. The number of rotatable bonds is 6. The highest BCUT2D eigenvalue weighted by Gasteiger charge is 2.20. The van der Waals surface area contributed by atoms with Crippen LogP contribution in [-0.4, -0.2) is 12.6 Å². The van der Waals surface area contributed by atoms with Crippen LogP contribution in [0, 0.1) is 12.3 Å². The number of hydrogen-bond acceptors (Lipinski definition) is 2. The van der Waals surface area contributed by atoms with Gasteiger partial charge in [0.1, 0.15) is 0 Å². The van der Waals surface area contributed by atoms with Crippen LogP contribution in [0.4, 0.5) is 0 Å². The highest BCUT2D eigenvalue weighted by molar-refractivity contribution is 5.25. The van der Waals surface area contributed by atoms with Gasteiger partial charge in [0.25, 0.3) is 0 Å². The first-order chi connectivity index (χ1) is 8.83. The lowest BCUT2D eigenvalue weighted by Gasteiger charge is -2.26. The molecule has 0 amide bonds. The van der Waals surface area contributed by atoms with Crippen molar-refractivity contribution in [2.24, 2.45) is 11.1 Å². The third-order valence-corrected chi connectivity index (χ3v) is 3.38. The van der Waals surface area contributed by atoms with Gasteiger partial charge in [-0.15, -0.1) is 0 Å². The van der Waals surface area contributed by atoms with Crippen LogP contribution in [0.3, 0.4) is 0 Å². The Bertz CT molecular complexity index is 381. The zero-order valence-electron chi connectivity index (χ0n) is 13.1. The summed E-state index contributed by atoms with van der Waals surface area (Å²) >= 11 is 0. The number of ether oxygens (including phenoxy) is 1. The average Bonchev–Trinajstić information content (AvgIpc) is 2.32. The Morgan fingerprint density at radius 1 is 1.26 bits per heavy atom. The number of hydrogen-bond donors (Lipinski definition) is 1. The fourth-order valence-electron chi connectivity index (χ4n) is 2.02. The molecule has 2 nitrogen and oxygen atoms in total. The first-order valence-electron chi connectivity index (χ1n) is 7.27. The van der Waals surface area contributed by atoms with Gasteiger partial charge >= 0.3 is 0 Å². The Morgan fingerprint density at radius 2 is 1.95 bits per heavy atom. The minimum absolute atomic E-state index is 0.00671. The molecule has 2 heteroatoms. The second-order valence-electron chi connectivity index (χ2n) is 6.59. The molecule has 2 atom stereocenters. The van der Waals surface area contributed by atoms with Crippen LogP contribution >= 0.6 is 0 Å². The minimum Gasteiger partial charge on any atom is -0.372 e. The van der Waals surface area contributed by atoms with Gasteiger partial charge in [-0.3, -0.25) is 0 Å². The first-order valence-corrected chi connectivity index (χ1v) is 7.27. The molecule has 0 aliphatic carbocycles. The Labute approximate surface area is 118 Å². The molecule has 19 heavy (non-hydrogen) atoms. The fourth-order valence-corrected chi connectivity index (χ4v) is 2.02. The van der Waals surface area contributed by atoms with Gasteiger partial charge in [0.2, 0.25) is 0 Å². The molecule has 0 saturated heterocycles. The molecule has 0 radical (unpaired) electrons. The number of aryl methyl sites for hydroxylation is 1. The fraction of sp³-hybridized carbons (Fsp3) is 0.647. The molecule has 0 aliphatic rings. The molecule has 0 aromatic heterocycles. The van der Waals surface area contributed by atoms with Crippen molar-refractivity contribution in [3.63, 3.8) is 0 Å². The molecule has 0 spiro atoms. The molecule has 2 unspecified atom stereocenters. The zero-order valence-corrected chi connectivity index (χ0v) is 13.1. The molecule has 108 valence electrons. The van der Waals surface area contributed by atoms with E-state index in [2.05, 4.69) is 58.9 Å². The van der Waals surface area contributed by atoms with Gasteiger partial charge in [-0.25, -0.2) is 0 Å². The molecule has 2 N–H and O–H groups in total. The Balaban J connectivity index is 2.73. The highest BCUT2D eigenvalue weighted by atomic mass is 16.5. The first kappa shape index (κ1) is 16.2. The molecular formula is C17H29NO. The summed E-state index contributed by atoms with van der Waals surface area (Å²) in [4.78, 5) is 0. The molecule has 0 bridgehead atoms. The van der Waals surface area contributed by atoms with E-state index in [1.807, 2.05) is 0 Å². The molecule has 0 aliphatic heterocycles. The average molecular weight is 263 g/mol. The summed E-state index contributed by atoms with van der Waals surface area (Å²) in [5.74, 6) is 0. The van der Waals surface area contributed by atoms with Gasteiger partial charge in [0, 0.05) is 12.6 Å². The molecule has 0 heterocycles. The van der Waals surface area contributed by atoms with Crippen molar-refractivity contribution < 1.29 is 4.74 Å². The predicted molar refractivity (Wildman–Crippen MR) is 82.2 cm³/mol. The number of benzene rings is 1. The van der Waals surface area contributed by atoms with Crippen molar-refractivity contribution in [1.29, 1.82) is 0 Å². The van der Waals surface area contributed by atoms with Crippen LogP contribution in [0.5, 0.6) is 0 Å². The molecular weight excluding hydrogens is 234 g/mol. The largest absolute Gasteiger partial charge is 0.372 e. The Hall–Kier alpha value is -0.860. The van der Waals surface area contributed by atoms with E-state index in [1.54, 1.807) is 0 Å².